The van der Waals surface area contributed by atoms with Crippen molar-refractivity contribution in [3.8, 4) is 0 Å². The van der Waals surface area contributed by atoms with Crippen LogP contribution in [0.1, 0.15) is 42.0 Å². The van der Waals surface area contributed by atoms with Crippen LogP contribution >= 0.6 is 0 Å². The fourth-order valence-electron chi connectivity index (χ4n) is 3.26. The minimum absolute atomic E-state index is 0.00216. The quantitative estimate of drug-likeness (QED) is 0.841. The summed E-state index contributed by atoms with van der Waals surface area (Å²) in [4.78, 5) is 9.23. The minimum Gasteiger partial charge on any atom is -0.382 e. The lowest BCUT2D eigenvalue weighted by molar-refractivity contribution is 0.184. The van der Waals surface area contributed by atoms with Gasteiger partial charge in [0, 0.05) is 38.0 Å². The third-order valence-electron chi connectivity index (χ3n) is 4.49. The van der Waals surface area contributed by atoms with Crippen molar-refractivity contribution in [1.82, 2.24) is 25.1 Å². The van der Waals surface area contributed by atoms with Crippen molar-refractivity contribution in [2.45, 2.75) is 31.7 Å². The second-order valence-electron chi connectivity index (χ2n) is 6.28. The van der Waals surface area contributed by atoms with Crippen molar-refractivity contribution in [1.29, 1.82) is 0 Å². The zero-order chi connectivity index (χ0) is 16.9. The average Bonchev–Trinajstić information content (AvgIpc) is 3.01. The fraction of sp³-hybridized carbons (Fsp3) is 0.588. The van der Waals surface area contributed by atoms with Gasteiger partial charge in [-0.2, -0.15) is 5.10 Å². The van der Waals surface area contributed by atoms with Crippen LogP contribution in [0.3, 0.4) is 0 Å². The molecule has 1 aliphatic heterocycles. The third kappa shape index (κ3) is 3.91. The second kappa shape index (κ2) is 7.72. The van der Waals surface area contributed by atoms with E-state index in [9.17, 15) is 0 Å². The van der Waals surface area contributed by atoms with Crippen molar-refractivity contribution >= 4 is 5.82 Å². The zero-order valence-corrected chi connectivity index (χ0v) is 14.6. The van der Waals surface area contributed by atoms with E-state index in [0.29, 0.717) is 12.5 Å². The van der Waals surface area contributed by atoms with Gasteiger partial charge in [-0.25, -0.2) is 9.97 Å². The molecule has 2 aromatic rings. The Kier molecular flexibility index (Phi) is 5.42. The van der Waals surface area contributed by atoms with Crippen molar-refractivity contribution in [2.75, 3.05) is 32.1 Å². The zero-order valence-electron chi connectivity index (χ0n) is 14.6. The highest BCUT2D eigenvalue weighted by molar-refractivity contribution is 5.40. The first kappa shape index (κ1) is 16.9. The number of anilines is 1. The molecule has 3 heterocycles. The van der Waals surface area contributed by atoms with Crippen LogP contribution in [0.25, 0.3) is 0 Å². The van der Waals surface area contributed by atoms with E-state index in [-0.39, 0.29) is 6.04 Å². The standard InChI is InChI=1S/C17H26N6O/c1-12-20-14(13-4-7-18-8-5-13)10-17(21-12)22-15(11-24-3)16-6-9-19-23(16)2/h6,9-10,13,15,18H,4-5,7-8,11H2,1-3H3,(H,20,21,22). The molecule has 2 aromatic heterocycles. The van der Waals surface area contributed by atoms with Gasteiger partial charge >= 0.3 is 0 Å². The van der Waals surface area contributed by atoms with Gasteiger partial charge in [-0.05, 0) is 38.9 Å². The summed E-state index contributed by atoms with van der Waals surface area (Å²) in [5, 5.41) is 11.1. The second-order valence-corrected chi connectivity index (χ2v) is 6.28. The molecule has 1 saturated heterocycles. The number of rotatable bonds is 6. The first-order chi connectivity index (χ1) is 11.7. The number of nitrogens with one attached hydrogen (secondary N) is 2. The van der Waals surface area contributed by atoms with E-state index in [1.807, 2.05) is 24.7 Å². The smallest absolute Gasteiger partial charge is 0.130 e. The Morgan fingerprint density at radius 2 is 2.17 bits per heavy atom. The predicted octanol–water partition coefficient (Wildman–Crippen LogP) is 1.79. The lowest BCUT2D eigenvalue weighted by Crippen LogP contribution is -2.27. The molecule has 0 spiro atoms. The lowest BCUT2D eigenvalue weighted by atomic mass is 9.94. The molecule has 1 unspecified atom stereocenters. The molecule has 0 aliphatic carbocycles. The molecular formula is C17H26N6O. The van der Waals surface area contributed by atoms with Gasteiger partial charge in [-0.1, -0.05) is 0 Å². The molecule has 2 N–H and O–H groups in total. The van der Waals surface area contributed by atoms with Crippen LogP contribution in [-0.4, -0.2) is 46.6 Å². The topological polar surface area (TPSA) is 76.9 Å². The highest BCUT2D eigenvalue weighted by Gasteiger charge is 2.20. The molecule has 0 aromatic carbocycles. The lowest BCUT2D eigenvalue weighted by Gasteiger charge is -2.24. The Balaban J connectivity index is 1.82. The Labute approximate surface area is 142 Å². The van der Waals surface area contributed by atoms with Crippen molar-refractivity contribution in [2.24, 2.45) is 7.05 Å². The average molecular weight is 330 g/mol. The summed E-state index contributed by atoms with van der Waals surface area (Å²) < 4.78 is 7.24. The van der Waals surface area contributed by atoms with E-state index >= 15 is 0 Å². The molecule has 1 aliphatic rings. The third-order valence-corrected chi connectivity index (χ3v) is 4.49. The highest BCUT2D eigenvalue weighted by Crippen LogP contribution is 2.26. The number of piperidine rings is 1. The summed E-state index contributed by atoms with van der Waals surface area (Å²) in [6.07, 6.45) is 4.05. The SMILES string of the molecule is COCC(Nc1cc(C2CCNCC2)nc(C)n1)c1ccnn1C. The molecule has 24 heavy (non-hydrogen) atoms. The summed E-state index contributed by atoms with van der Waals surface area (Å²) >= 11 is 0. The highest BCUT2D eigenvalue weighted by atomic mass is 16.5. The van der Waals surface area contributed by atoms with E-state index in [4.69, 9.17) is 4.74 Å². The van der Waals surface area contributed by atoms with Crippen molar-refractivity contribution in [3.05, 3.63) is 35.5 Å². The van der Waals surface area contributed by atoms with Crippen LogP contribution in [0.5, 0.6) is 0 Å². The van der Waals surface area contributed by atoms with Crippen LogP contribution in [0.15, 0.2) is 18.3 Å². The first-order valence-electron chi connectivity index (χ1n) is 8.47. The van der Waals surface area contributed by atoms with Crippen LogP contribution in [0.2, 0.25) is 0 Å². The van der Waals surface area contributed by atoms with Gasteiger partial charge in [0.2, 0.25) is 0 Å². The number of methoxy groups -OCH3 is 1. The van der Waals surface area contributed by atoms with Crippen LogP contribution in [0.4, 0.5) is 5.82 Å². The maximum atomic E-state index is 5.38. The summed E-state index contributed by atoms with van der Waals surface area (Å²) in [5.41, 5.74) is 2.20. The van der Waals surface area contributed by atoms with Crippen LogP contribution < -0.4 is 10.6 Å². The van der Waals surface area contributed by atoms with Crippen molar-refractivity contribution in [3.63, 3.8) is 0 Å². The van der Waals surface area contributed by atoms with Gasteiger partial charge in [-0.15, -0.1) is 0 Å². The molecule has 0 bridgehead atoms. The van der Waals surface area contributed by atoms with Gasteiger partial charge in [0.25, 0.3) is 0 Å². The molecule has 0 saturated carbocycles. The summed E-state index contributed by atoms with van der Waals surface area (Å²) in [7, 11) is 3.64. The normalized spacial score (nSPS) is 17.0. The Morgan fingerprint density at radius 3 is 2.83 bits per heavy atom. The Hall–Kier alpha value is -1.99. The summed E-state index contributed by atoms with van der Waals surface area (Å²) in [5.74, 6) is 2.15. The molecule has 3 rings (SSSR count). The molecule has 0 amide bonds. The molecule has 1 atom stereocenters. The number of hydrogen-bond donors (Lipinski definition) is 2. The maximum Gasteiger partial charge on any atom is 0.130 e. The van der Waals surface area contributed by atoms with E-state index in [1.165, 1.54) is 0 Å². The van der Waals surface area contributed by atoms with Gasteiger partial charge in [0.05, 0.1) is 18.3 Å². The Bertz CT molecular complexity index is 665. The molecule has 7 heteroatoms. The van der Waals surface area contributed by atoms with Gasteiger partial charge < -0.3 is 15.4 Å². The molecule has 130 valence electrons. The fourth-order valence-corrected chi connectivity index (χ4v) is 3.26. The van der Waals surface area contributed by atoms with E-state index in [2.05, 4.69) is 31.8 Å². The number of hydrogen-bond acceptors (Lipinski definition) is 6. The molecular weight excluding hydrogens is 304 g/mol. The van der Waals surface area contributed by atoms with E-state index in [0.717, 1.165) is 49.0 Å². The molecule has 1 fully saturated rings. The monoisotopic (exact) mass is 330 g/mol. The number of ether oxygens (including phenoxy) is 1. The number of aryl methyl sites for hydroxylation is 2. The van der Waals surface area contributed by atoms with E-state index in [1.54, 1.807) is 13.3 Å². The maximum absolute atomic E-state index is 5.38. The Morgan fingerprint density at radius 1 is 1.38 bits per heavy atom. The summed E-state index contributed by atoms with van der Waals surface area (Å²) in [6, 6.07) is 4.08. The van der Waals surface area contributed by atoms with Gasteiger partial charge in [0.1, 0.15) is 11.6 Å². The number of aromatic nitrogens is 4. The minimum atomic E-state index is -0.00216. The van der Waals surface area contributed by atoms with E-state index < -0.39 is 0 Å². The molecule has 0 radical (unpaired) electrons. The van der Waals surface area contributed by atoms with Crippen LogP contribution in [-0.2, 0) is 11.8 Å². The predicted molar refractivity (Wildman–Crippen MR) is 93.1 cm³/mol. The van der Waals surface area contributed by atoms with Crippen LogP contribution in [0, 0.1) is 6.92 Å². The first-order valence-corrected chi connectivity index (χ1v) is 8.47. The van der Waals surface area contributed by atoms with Gasteiger partial charge in [-0.3, -0.25) is 4.68 Å². The molecule has 7 nitrogen and oxygen atoms in total. The number of nitrogens with zero attached hydrogens (tertiary/aromatic N) is 4. The largest absolute Gasteiger partial charge is 0.382 e. The van der Waals surface area contributed by atoms with Gasteiger partial charge in [0.15, 0.2) is 0 Å². The summed E-state index contributed by atoms with van der Waals surface area (Å²) in [6.45, 7) is 4.60. The van der Waals surface area contributed by atoms with Crippen molar-refractivity contribution < 1.29 is 4.74 Å².